The molecule has 1 heterocycles. The van der Waals surface area contributed by atoms with Gasteiger partial charge in [0, 0.05) is 28.4 Å². The summed E-state index contributed by atoms with van der Waals surface area (Å²) in [6, 6.07) is 11.8. The van der Waals surface area contributed by atoms with Crippen molar-refractivity contribution in [1.29, 1.82) is 0 Å². The molecule has 0 saturated heterocycles. The van der Waals surface area contributed by atoms with Crippen LogP contribution in [-0.2, 0) is 18.5 Å². The molecule has 0 spiro atoms. The molecule has 1 aromatic carbocycles. The largest absolute Gasteiger partial charge is 0.508 e. The van der Waals surface area contributed by atoms with Gasteiger partial charge in [0.1, 0.15) is 5.75 Å². The van der Waals surface area contributed by atoms with Gasteiger partial charge in [-0.15, -0.1) is 11.3 Å². The van der Waals surface area contributed by atoms with Crippen molar-refractivity contribution >= 4 is 11.3 Å². The third-order valence-corrected chi connectivity index (χ3v) is 4.52. The predicted molar refractivity (Wildman–Crippen MR) is 81.7 cm³/mol. The zero-order valence-corrected chi connectivity index (χ0v) is 12.6. The molecule has 19 heavy (non-hydrogen) atoms. The van der Waals surface area contributed by atoms with Gasteiger partial charge >= 0.3 is 0 Å². The Morgan fingerprint density at radius 2 is 1.79 bits per heavy atom. The second-order valence-corrected chi connectivity index (χ2v) is 6.92. The number of hydrogen-bond donors (Lipinski definition) is 2. The fourth-order valence-corrected chi connectivity index (χ4v) is 2.89. The number of benzene rings is 1. The predicted octanol–water partition coefficient (Wildman–Crippen LogP) is 4.04. The molecule has 102 valence electrons. The zero-order chi connectivity index (χ0) is 13.9. The third-order valence-electron chi connectivity index (χ3n) is 3.01. The van der Waals surface area contributed by atoms with Crippen molar-refractivity contribution in [3.8, 4) is 5.75 Å². The van der Waals surface area contributed by atoms with Gasteiger partial charge in [-0.05, 0) is 23.6 Å². The molecule has 0 atom stereocenters. The van der Waals surface area contributed by atoms with Gasteiger partial charge in [-0.25, -0.2) is 0 Å². The molecule has 0 aliphatic carbocycles. The number of phenols is 1. The smallest absolute Gasteiger partial charge is 0.120 e. The molecule has 0 radical (unpaired) electrons. The highest BCUT2D eigenvalue weighted by Gasteiger charge is 2.15. The molecule has 0 unspecified atom stereocenters. The van der Waals surface area contributed by atoms with Crippen LogP contribution in [0.1, 0.15) is 36.1 Å². The molecule has 0 fully saturated rings. The molecule has 0 bridgehead atoms. The van der Waals surface area contributed by atoms with Gasteiger partial charge < -0.3 is 10.4 Å². The Balaban J connectivity index is 1.90. The van der Waals surface area contributed by atoms with Crippen molar-refractivity contribution in [3.05, 3.63) is 51.7 Å². The Labute approximate surface area is 119 Å². The first-order valence-corrected chi connectivity index (χ1v) is 7.35. The quantitative estimate of drug-likeness (QED) is 0.882. The molecule has 0 aliphatic heterocycles. The first kappa shape index (κ1) is 14.1. The molecule has 0 aliphatic rings. The summed E-state index contributed by atoms with van der Waals surface area (Å²) in [5, 5.41) is 13.1. The Kier molecular flexibility index (Phi) is 4.27. The van der Waals surface area contributed by atoms with Crippen molar-refractivity contribution in [2.24, 2.45) is 0 Å². The van der Waals surface area contributed by atoms with E-state index in [2.05, 4.69) is 38.2 Å². The van der Waals surface area contributed by atoms with E-state index >= 15 is 0 Å². The van der Waals surface area contributed by atoms with Gasteiger partial charge in [-0.1, -0.05) is 39.0 Å². The summed E-state index contributed by atoms with van der Waals surface area (Å²) in [6.07, 6.45) is 0. The van der Waals surface area contributed by atoms with Crippen LogP contribution in [0.5, 0.6) is 5.75 Å². The van der Waals surface area contributed by atoms with Gasteiger partial charge in [0.2, 0.25) is 0 Å². The molecular weight excluding hydrogens is 254 g/mol. The van der Waals surface area contributed by atoms with Gasteiger partial charge in [0.25, 0.3) is 0 Å². The third kappa shape index (κ3) is 3.82. The second kappa shape index (κ2) is 5.76. The summed E-state index contributed by atoms with van der Waals surface area (Å²) < 4.78 is 0. The van der Waals surface area contributed by atoms with Crippen LogP contribution in [0.2, 0.25) is 0 Å². The lowest BCUT2D eigenvalue weighted by Gasteiger charge is -2.15. The Hall–Kier alpha value is -1.32. The van der Waals surface area contributed by atoms with Crippen LogP contribution in [0.25, 0.3) is 0 Å². The molecule has 2 N–H and O–H groups in total. The highest BCUT2D eigenvalue weighted by atomic mass is 32.1. The average molecular weight is 275 g/mol. The van der Waals surface area contributed by atoms with E-state index in [1.54, 1.807) is 6.07 Å². The summed E-state index contributed by atoms with van der Waals surface area (Å²) in [7, 11) is 0. The molecule has 2 rings (SSSR count). The number of aromatic hydroxyl groups is 1. The fraction of sp³-hybridized carbons (Fsp3) is 0.375. The summed E-state index contributed by atoms with van der Waals surface area (Å²) in [5.74, 6) is 0.358. The van der Waals surface area contributed by atoms with Crippen molar-refractivity contribution in [3.63, 3.8) is 0 Å². The van der Waals surface area contributed by atoms with E-state index in [-0.39, 0.29) is 5.41 Å². The SMILES string of the molecule is CC(C)(C)c1ccc(CNCc2ccccc2O)s1. The number of phenolic OH excluding ortho intramolecular Hbond substituents is 1. The lowest BCUT2D eigenvalue weighted by atomic mass is 9.95. The van der Waals surface area contributed by atoms with Gasteiger partial charge in [0.15, 0.2) is 0 Å². The topological polar surface area (TPSA) is 32.3 Å². The van der Waals surface area contributed by atoms with E-state index in [0.29, 0.717) is 12.3 Å². The Bertz CT molecular complexity index is 540. The number of hydrogen-bond acceptors (Lipinski definition) is 3. The lowest BCUT2D eigenvalue weighted by Crippen LogP contribution is -2.12. The van der Waals surface area contributed by atoms with Gasteiger partial charge in [0.05, 0.1) is 0 Å². The molecular formula is C16H21NOS. The molecule has 2 nitrogen and oxygen atoms in total. The minimum atomic E-state index is 0.223. The molecule has 0 amide bonds. The fourth-order valence-electron chi connectivity index (χ4n) is 1.86. The molecule has 0 saturated carbocycles. The summed E-state index contributed by atoms with van der Waals surface area (Å²) in [5.41, 5.74) is 1.16. The maximum absolute atomic E-state index is 9.68. The van der Waals surface area contributed by atoms with Crippen LogP contribution in [0, 0.1) is 0 Å². The number of para-hydroxylation sites is 1. The minimum Gasteiger partial charge on any atom is -0.508 e. The molecule has 1 aromatic heterocycles. The van der Waals surface area contributed by atoms with E-state index < -0.39 is 0 Å². The van der Waals surface area contributed by atoms with E-state index in [9.17, 15) is 5.11 Å². The van der Waals surface area contributed by atoms with Crippen LogP contribution >= 0.6 is 11.3 Å². The zero-order valence-electron chi connectivity index (χ0n) is 11.7. The summed E-state index contributed by atoms with van der Waals surface area (Å²) in [6.45, 7) is 8.23. The summed E-state index contributed by atoms with van der Waals surface area (Å²) in [4.78, 5) is 2.74. The van der Waals surface area contributed by atoms with Crippen molar-refractivity contribution < 1.29 is 5.11 Å². The van der Waals surface area contributed by atoms with E-state index in [1.165, 1.54) is 9.75 Å². The standard InChI is InChI=1S/C16H21NOS/c1-16(2,3)15-9-8-13(19-15)11-17-10-12-6-4-5-7-14(12)18/h4-9,17-18H,10-11H2,1-3H3. The highest BCUT2D eigenvalue weighted by molar-refractivity contribution is 7.12. The van der Waals surface area contributed by atoms with Crippen LogP contribution in [0.15, 0.2) is 36.4 Å². The maximum atomic E-state index is 9.68. The van der Waals surface area contributed by atoms with Crippen molar-refractivity contribution in [1.82, 2.24) is 5.32 Å². The normalized spacial score (nSPS) is 11.7. The number of nitrogens with one attached hydrogen (secondary N) is 1. The van der Waals surface area contributed by atoms with E-state index in [0.717, 1.165) is 12.1 Å². The van der Waals surface area contributed by atoms with Crippen LogP contribution in [0.3, 0.4) is 0 Å². The van der Waals surface area contributed by atoms with Crippen LogP contribution in [0.4, 0.5) is 0 Å². The highest BCUT2D eigenvalue weighted by Crippen LogP contribution is 2.29. The number of thiophene rings is 1. The number of rotatable bonds is 4. The lowest BCUT2D eigenvalue weighted by molar-refractivity contribution is 0.464. The van der Waals surface area contributed by atoms with Crippen molar-refractivity contribution in [2.75, 3.05) is 0 Å². The monoisotopic (exact) mass is 275 g/mol. The Morgan fingerprint density at radius 3 is 2.42 bits per heavy atom. The van der Waals surface area contributed by atoms with Gasteiger partial charge in [-0.3, -0.25) is 0 Å². The van der Waals surface area contributed by atoms with E-state index in [4.69, 9.17) is 0 Å². The second-order valence-electron chi connectivity index (χ2n) is 5.75. The average Bonchev–Trinajstić information content (AvgIpc) is 2.80. The molecule has 2 aromatic rings. The molecule has 3 heteroatoms. The Morgan fingerprint density at radius 1 is 1.05 bits per heavy atom. The van der Waals surface area contributed by atoms with Crippen LogP contribution in [-0.4, -0.2) is 5.11 Å². The summed E-state index contributed by atoms with van der Waals surface area (Å²) >= 11 is 1.85. The first-order chi connectivity index (χ1) is 8.97. The van der Waals surface area contributed by atoms with Gasteiger partial charge in [-0.2, -0.15) is 0 Å². The minimum absolute atomic E-state index is 0.223. The van der Waals surface area contributed by atoms with Crippen molar-refractivity contribution in [2.45, 2.75) is 39.3 Å². The first-order valence-electron chi connectivity index (χ1n) is 6.53. The maximum Gasteiger partial charge on any atom is 0.120 e. The van der Waals surface area contributed by atoms with E-state index in [1.807, 2.05) is 29.5 Å². The van der Waals surface area contributed by atoms with Crippen LogP contribution < -0.4 is 5.32 Å².